The Labute approximate surface area is 153 Å². The third kappa shape index (κ3) is 3.81. The van der Waals surface area contributed by atoms with Gasteiger partial charge < -0.3 is 9.47 Å². The van der Waals surface area contributed by atoms with Gasteiger partial charge in [0.25, 0.3) is 0 Å². The van der Waals surface area contributed by atoms with E-state index >= 15 is 0 Å². The highest BCUT2D eigenvalue weighted by Crippen LogP contribution is 2.27. The Morgan fingerprint density at radius 1 is 1.15 bits per heavy atom. The van der Waals surface area contributed by atoms with Crippen molar-refractivity contribution in [2.75, 3.05) is 13.7 Å². The lowest BCUT2D eigenvalue weighted by Crippen LogP contribution is -2.13. The van der Waals surface area contributed by atoms with Gasteiger partial charge in [-0.2, -0.15) is 0 Å². The summed E-state index contributed by atoms with van der Waals surface area (Å²) < 4.78 is 23.8. The van der Waals surface area contributed by atoms with E-state index in [0.29, 0.717) is 21.5 Å². The minimum atomic E-state index is -0.665. The van der Waals surface area contributed by atoms with E-state index in [9.17, 15) is 14.0 Å². The van der Waals surface area contributed by atoms with Gasteiger partial charge in [-0.25, -0.2) is 14.2 Å². The standard InChI is InChI=1S/C19H13ClFNO4/c1-25-19(24)16-9-18(14-8-13(21)5-6-15(14)22-16)26-10-17(23)11-3-2-4-12(20)7-11/h2-9H,10H2,1H3. The van der Waals surface area contributed by atoms with Crippen LogP contribution in [0.3, 0.4) is 0 Å². The monoisotopic (exact) mass is 373 g/mol. The number of hydrogen-bond donors (Lipinski definition) is 0. The fourth-order valence-corrected chi connectivity index (χ4v) is 2.57. The van der Waals surface area contributed by atoms with E-state index in [-0.39, 0.29) is 23.8 Å². The van der Waals surface area contributed by atoms with E-state index in [1.54, 1.807) is 18.2 Å². The number of benzene rings is 2. The molecule has 26 heavy (non-hydrogen) atoms. The third-order valence-corrected chi connectivity index (χ3v) is 3.87. The molecule has 0 atom stereocenters. The summed E-state index contributed by atoms with van der Waals surface area (Å²) in [7, 11) is 1.22. The Kier molecular flexibility index (Phi) is 5.14. The first-order valence-corrected chi connectivity index (χ1v) is 7.96. The number of fused-ring (bicyclic) bond motifs is 1. The average Bonchev–Trinajstić information content (AvgIpc) is 2.65. The summed E-state index contributed by atoms with van der Waals surface area (Å²) in [6.07, 6.45) is 0. The SMILES string of the molecule is COC(=O)c1cc(OCC(=O)c2cccc(Cl)c2)c2cc(F)ccc2n1. The van der Waals surface area contributed by atoms with E-state index in [4.69, 9.17) is 16.3 Å². The molecule has 1 aromatic heterocycles. The van der Waals surface area contributed by atoms with Crippen LogP contribution in [0.2, 0.25) is 5.02 Å². The zero-order chi connectivity index (χ0) is 18.7. The van der Waals surface area contributed by atoms with Gasteiger partial charge in [0.05, 0.1) is 12.6 Å². The van der Waals surface area contributed by atoms with Crippen LogP contribution in [0.25, 0.3) is 10.9 Å². The Morgan fingerprint density at radius 3 is 2.69 bits per heavy atom. The molecule has 0 amide bonds. The number of nitrogens with zero attached hydrogens (tertiary/aromatic N) is 1. The van der Waals surface area contributed by atoms with Crippen molar-refractivity contribution in [3.8, 4) is 5.75 Å². The highest BCUT2D eigenvalue weighted by atomic mass is 35.5. The van der Waals surface area contributed by atoms with Crippen molar-refractivity contribution in [2.45, 2.75) is 0 Å². The number of ketones is 1. The van der Waals surface area contributed by atoms with Crippen LogP contribution in [0.5, 0.6) is 5.75 Å². The second kappa shape index (κ2) is 7.49. The first-order chi connectivity index (χ1) is 12.5. The summed E-state index contributed by atoms with van der Waals surface area (Å²) in [5.41, 5.74) is 0.728. The highest BCUT2D eigenvalue weighted by molar-refractivity contribution is 6.31. The molecular formula is C19H13ClFNO4. The lowest BCUT2D eigenvalue weighted by Gasteiger charge is -2.11. The molecule has 3 rings (SSSR count). The van der Waals surface area contributed by atoms with E-state index in [1.165, 1.54) is 37.4 Å². The van der Waals surface area contributed by atoms with Crippen molar-refractivity contribution < 1.29 is 23.5 Å². The molecule has 0 aliphatic heterocycles. The summed E-state index contributed by atoms with van der Waals surface area (Å²) in [4.78, 5) is 28.2. The highest BCUT2D eigenvalue weighted by Gasteiger charge is 2.15. The maximum absolute atomic E-state index is 13.6. The number of carbonyl (C=O) groups excluding carboxylic acids is 2. The molecule has 0 N–H and O–H groups in total. The number of Topliss-reactive ketones (excluding diaryl/α,β-unsaturated/α-hetero) is 1. The van der Waals surface area contributed by atoms with Crippen LogP contribution in [0.1, 0.15) is 20.8 Å². The minimum Gasteiger partial charge on any atom is -0.485 e. The van der Waals surface area contributed by atoms with Crippen LogP contribution in [0, 0.1) is 5.82 Å². The molecule has 7 heteroatoms. The van der Waals surface area contributed by atoms with E-state index in [2.05, 4.69) is 9.72 Å². The first-order valence-electron chi connectivity index (χ1n) is 7.58. The summed E-state index contributed by atoms with van der Waals surface area (Å²) in [6.45, 7) is -0.309. The molecule has 0 spiro atoms. The second-order valence-electron chi connectivity index (χ2n) is 5.38. The molecule has 0 radical (unpaired) electrons. The van der Waals surface area contributed by atoms with Gasteiger partial charge in [0.2, 0.25) is 0 Å². The summed E-state index contributed by atoms with van der Waals surface area (Å²) in [6, 6.07) is 11.6. The molecule has 2 aromatic carbocycles. The van der Waals surface area contributed by atoms with Gasteiger partial charge in [-0.3, -0.25) is 4.79 Å². The van der Waals surface area contributed by atoms with Gasteiger partial charge in [0.1, 0.15) is 11.6 Å². The van der Waals surface area contributed by atoms with Gasteiger partial charge in [0.15, 0.2) is 18.1 Å². The number of rotatable bonds is 5. The second-order valence-corrected chi connectivity index (χ2v) is 5.82. The molecule has 1 heterocycles. The minimum absolute atomic E-state index is 0.00295. The van der Waals surface area contributed by atoms with Crippen molar-refractivity contribution in [2.24, 2.45) is 0 Å². The zero-order valence-electron chi connectivity index (χ0n) is 13.7. The number of ether oxygens (including phenoxy) is 2. The van der Waals surface area contributed by atoms with Crippen molar-refractivity contribution in [3.05, 3.63) is 70.6 Å². The topological polar surface area (TPSA) is 65.5 Å². The molecule has 3 aromatic rings. The van der Waals surface area contributed by atoms with Crippen LogP contribution < -0.4 is 4.74 Å². The summed E-state index contributed by atoms with van der Waals surface area (Å²) in [5, 5.41) is 0.775. The lowest BCUT2D eigenvalue weighted by atomic mass is 10.1. The quantitative estimate of drug-likeness (QED) is 0.498. The molecule has 0 saturated carbocycles. The van der Waals surface area contributed by atoms with E-state index in [0.717, 1.165) is 0 Å². The molecule has 0 fully saturated rings. The van der Waals surface area contributed by atoms with Gasteiger partial charge in [-0.05, 0) is 30.3 Å². The van der Waals surface area contributed by atoms with Crippen molar-refractivity contribution in [3.63, 3.8) is 0 Å². The van der Waals surface area contributed by atoms with Gasteiger partial charge in [-0.1, -0.05) is 23.7 Å². The zero-order valence-corrected chi connectivity index (χ0v) is 14.4. The number of halogens is 2. The Morgan fingerprint density at radius 2 is 1.96 bits per heavy atom. The molecule has 0 aliphatic rings. The van der Waals surface area contributed by atoms with Crippen molar-refractivity contribution in [1.82, 2.24) is 4.98 Å². The van der Waals surface area contributed by atoms with E-state index in [1.807, 2.05) is 0 Å². The summed E-state index contributed by atoms with van der Waals surface area (Å²) >= 11 is 5.88. The van der Waals surface area contributed by atoms with Crippen LogP contribution in [-0.2, 0) is 4.74 Å². The number of methoxy groups -OCH3 is 1. The fraction of sp³-hybridized carbons (Fsp3) is 0.105. The molecule has 0 unspecified atom stereocenters. The average molecular weight is 374 g/mol. The Balaban J connectivity index is 1.93. The van der Waals surface area contributed by atoms with Crippen LogP contribution >= 0.6 is 11.6 Å². The Hall–Kier alpha value is -2.99. The first kappa shape index (κ1) is 17.8. The van der Waals surface area contributed by atoms with Gasteiger partial charge >= 0.3 is 5.97 Å². The van der Waals surface area contributed by atoms with Crippen LogP contribution in [0.4, 0.5) is 4.39 Å². The lowest BCUT2D eigenvalue weighted by molar-refractivity contribution is 0.0594. The molecule has 5 nitrogen and oxygen atoms in total. The predicted molar refractivity (Wildman–Crippen MR) is 94.3 cm³/mol. The predicted octanol–water partition coefficient (Wildman–Crippen LogP) is 4.08. The smallest absolute Gasteiger partial charge is 0.356 e. The van der Waals surface area contributed by atoms with Crippen molar-refractivity contribution in [1.29, 1.82) is 0 Å². The molecule has 0 bridgehead atoms. The van der Waals surface area contributed by atoms with Gasteiger partial charge in [0, 0.05) is 22.0 Å². The third-order valence-electron chi connectivity index (χ3n) is 3.63. The number of esters is 1. The fourth-order valence-electron chi connectivity index (χ4n) is 2.38. The molecular weight excluding hydrogens is 361 g/mol. The van der Waals surface area contributed by atoms with Gasteiger partial charge in [-0.15, -0.1) is 0 Å². The largest absolute Gasteiger partial charge is 0.485 e. The van der Waals surface area contributed by atoms with Crippen molar-refractivity contribution >= 4 is 34.3 Å². The molecule has 0 saturated heterocycles. The van der Waals surface area contributed by atoms with Crippen LogP contribution in [0.15, 0.2) is 48.5 Å². The number of pyridine rings is 1. The van der Waals surface area contributed by atoms with E-state index < -0.39 is 11.8 Å². The maximum Gasteiger partial charge on any atom is 0.356 e. The van der Waals surface area contributed by atoms with Crippen LogP contribution in [-0.4, -0.2) is 30.5 Å². The number of aromatic nitrogens is 1. The molecule has 132 valence electrons. The summed E-state index contributed by atoms with van der Waals surface area (Å²) in [5.74, 6) is -1.31. The maximum atomic E-state index is 13.6. The Bertz CT molecular complexity index is 1010. The normalized spacial score (nSPS) is 10.6. The number of hydrogen-bond acceptors (Lipinski definition) is 5. The number of carbonyl (C=O) groups is 2. The molecule has 0 aliphatic carbocycles.